The molecule has 3 rings (SSSR count). The highest BCUT2D eigenvalue weighted by molar-refractivity contribution is 7.92. The van der Waals surface area contributed by atoms with Crippen molar-refractivity contribution < 1.29 is 13.2 Å². The van der Waals surface area contributed by atoms with Crippen molar-refractivity contribution in [3.8, 4) is 0 Å². The molecule has 0 aliphatic carbocycles. The molecule has 1 amide bonds. The van der Waals surface area contributed by atoms with Gasteiger partial charge in [0.05, 0.1) is 0 Å². The number of hydrogen-bond acceptors (Lipinski definition) is 4. The fourth-order valence-corrected chi connectivity index (χ4v) is 4.49. The molecule has 0 bridgehead atoms. The van der Waals surface area contributed by atoms with Crippen molar-refractivity contribution in [3.63, 3.8) is 0 Å². The number of rotatable bonds is 7. The fraction of sp³-hybridized carbons (Fsp3) is 0.0455. The summed E-state index contributed by atoms with van der Waals surface area (Å²) in [6.07, 6.45) is 7.70. The Morgan fingerprint density at radius 2 is 1.57 bits per heavy atom. The van der Waals surface area contributed by atoms with Gasteiger partial charge in [-0.3, -0.25) is 4.79 Å². The number of hydrogen-bond donors (Lipinski definition) is 1. The molecule has 3 aromatic rings. The van der Waals surface area contributed by atoms with E-state index in [-0.39, 0.29) is 4.21 Å². The molecule has 1 heterocycles. The van der Waals surface area contributed by atoms with E-state index in [0.717, 1.165) is 28.9 Å². The summed E-state index contributed by atoms with van der Waals surface area (Å²) in [5.74, 6) is -0.684. The topological polar surface area (TPSA) is 63.2 Å². The first-order valence-electron chi connectivity index (χ1n) is 8.62. The standard InChI is InChI=1S/C22H19NO3S2/c24-21(23-28(25,26)22-14-7-17-27-22)16-15-20-12-5-4-11-19(20)13-6-10-18-8-2-1-3-9-18/h1-9,11-17H,10H2,(H,23,24)/b13-6+,16-15+. The van der Waals surface area contributed by atoms with E-state index in [4.69, 9.17) is 0 Å². The number of sulfonamides is 1. The van der Waals surface area contributed by atoms with E-state index >= 15 is 0 Å². The molecule has 0 saturated heterocycles. The zero-order valence-electron chi connectivity index (χ0n) is 15.0. The summed E-state index contributed by atoms with van der Waals surface area (Å²) >= 11 is 1.06. The molecule has 1 N–H and O–H groups in total. The van der Waals surface area contributed by atoms with Gasteiger partial charge in [0.2, 0.25) is 0 Å². The molecule has 2 aromatic carbocycles. The molecule has 0 unspecified atom stereocenters. The van der Waals surface area contributed by atoms with Crippen molar-refractivity contribution >= 4 is 39.4 Å². The molecule has 0 saturated carbocycles. The molecule has 1 aromatic heterocycles. The summed E-state index contributed by atoms with van der Waals surface area (Å²) in [7, 11) is -3.82. The highest BCUT2D eigenvalue weighted by Gasteiger charge is 2.16. The zero-order valence-corrected chi connectivity index (χ0v) is 16.6. The minimum atomic E-state index is -3.82. The van der Waals surface area contributed by atoms with E-state index in [1.54, 1.807) is 17.5 Å². The van der Waals surface area contributed by atoms with Crippen molar-refractivity contribution in [2.24, 2.45) is 0 Å². The quantitative estimate of drug-likeness (QED) is 0.584. The molecule has 6 heteroatoms. The number of allylic oxidation sites excluding steroid dienone is 1. The number of benzene rings is 2. The van der Waals surface area contributed by atoms with Gasteiger partial charge in [0.25, 0.3) is 15.9 Å². The second-order valence-electron chi connectivity index (χ2n) is 5.96. The highest BCUT2D eigenvalue weighted by atomic mass is 32.2. The van der Waals surface area contributed by atoms with Gasteiger partial charge >= 0.3 is 0 Å². The summed E-state index contributed by atoms with van der Waals surface area (Å²) < 4.78 is 26.3. The van der Waals surface area contributed by atoms with E-state index in [9.17, 15) is 13.2 Å². The lowest BCUT2D eigenvalue weighted by molar-refractivity contribution is -0.114. The molecule has 0 aliphatic heterocycles. The van der Waals surface area contributed by atoms with E-state index in [0.29, 0.717) is 0 Å². The molecule has 4 nitrogen and oxygen atoms in total. The molecule has 0 spiro atoms. The maximum absolute atomic E-state index is 12.1. The van der Waals surface area contributed by atoms with Crippen LogP contribution in [0.4, 0.5) is 0 Å². The van der Waals surface area contributed by atoms with Crippen LogP contribution < -0.4 is 4.72 Å². The normalized spacial score (nSPS) is 11.9. The summed E-state index contributed by atoms with van der Waals surface area (Å²) in [4.78, 5) is 12.0. The number of thiophene rings is 1. The minimum Gasteiger partial charge on any atom is -0.269 e. The second kappa shape index (κ2) is 9.30. The van der Waals surface area contributed by atoms with Gasteiger partial charge in [-0.25, -0.2) is 13.1 Å². The molecule has 0 aliphatic rings. The van der Waals surface area contributed by atoms with Crippen molar-refractivity contribution in [1.29, 1.82) is 0 Å². The maximum atomic E-state index is 12.1. The summed E-state index contributed by atoms with van der Waals surface area (Å²) in [5, 5.41) is 1.65. The van der Waals surface area contributed by atoms with Gasteiger partial charge in [-0.2, -0.15) is 0 Å². The average Bonchev–Trinajstić information content (AvgIpc) is 3.24. The third kappa shape index (κ3) is 5.52. The first kappa shape index (κ1) is 19.8. The predicted octanol–water partition coefficient (Wildman–Crippen LogP) is 4.52. The Balaban J connectivity index is 1.68. The maximum Gasteiger partial charge on any atom is 0.273 e. The van der Waals surface area contributed by atoms with Crippen LogP contribution in [0.25, 0.3) is 12.2 Å². The van der Waals surface area contributed by atoms with Crippen molar-refractivity contribution in [2.75, 3.05) is 0 Å². The van der Waals surface area contributed by atoms with E-state index < -0.39 is 15.9 Å². The Hall–Kier alpha value is -2.96. The van der Waals surface area contributed by atoms with Crippen LogP contribution in [0.15, 0.2) is 88.5 Å². The van der Waals surface area contributed by atoms with Crippen LogP contribution in [0, 0.1) is 0 Å². The van der Waals surface area contributed by atoms with E-state index in [2.05, 4.69) is 22.9 Å². The molecule has 142 valence electrons. The molecule has 28 heavy (non-hydrogen) atoms. The monoisotopic (exact) mass is 409 g/mol. The number of carbonyl (C=O) groups excluding carboxylic acids is 1. The SMILES string of the molecule is O=C(/C=C/c1ccccc1/C=C/Cc1ccccc1)NS(=O)(=O)c1cccs1. The predicted molar refractivity (Wildman–Crippen MR) is 114 cm³/mol. The van der Waals surface area contributed by atoms with Gasteiger partial charge in [-0.05, 0) is 40.6 Å². The van der Waals surface area contributed by atoms with Crippen LogP contribution in [0.1, 0.15) is 16.7 Å². The number of nitrogens with one attached hydrogen (secondary N) is 1. The van der Waals surface area contributed by atoms with Crippen molar-refractivity contribution in [2.45, 2.75) is 10.6 Å². The summed E-state index contributed by atoms with van der Waals surface area (Å²) in [6, 6.07) is 20.8. The van der Waals surface area contributed by atoms with E-state index in [1.807, 2.05) is 48.5 Å². The Morgan fingerprint density at radius 3 is 2.25 bits per heavy atom. The smallest absolute Gasteiger partial charge is 0.269 e. The number of amides is 1. The Morgan fingerprint density at radius 1 is 0.893 bits per heavy atom. The average molecular weight is 410 g/mol. The lowest BCUT2D eigenvalue weighted by Crippen LogP contribution is -2.28. The lowest BCUT2D eigenvalue weighted by atomic mass is 10.1. The van der Waals surface area contributed by atoms with Gasteiger partial charge in [0.15, 0.2) is 0 Å². The lowest BCUT2D eigenvalue weighted by Gasteiger charge is -2.03. The van der Waals surface area contributed by atoms with Crippen LogP contribution in [0.5, 0.6) is 0 Å². The van der Waals surface area contributed by atoms with E-state index in [1.165, 1.54) is 17.7 Å². The van der Waals surface area contributed by atoms with Gasteiger partial charge < -0.3 is 0 Å². The summed E-state index contributed by atoms with van der Waals surface area (Å²) in [6.45, 7) is 0. The van der Waals surface area contributed by atoms with Crippen LogP contribution in [0.3, 0.4) is 0 Å². The molecule has 0 radical (unpaired) electrons. The van der Waals surface area contributed by atoms with Crippen LogP contribution in [-0.4, -0.2) is 14.3 Å². The molecule has 0 fully saturated rings. The second-order valence-corrected chi connectivity index (χ2v) is 8.81. The Bertz CT molecular complexity index is 1080. The summed E-state index contributed by atoms with van der Waals surface area (Å²) in [5.41, 5.74) is 2.99. The number of carbonyl (C=O) groups is 1. The molecular weight excluding hydrogens is 390 g/mol. The van der Waals surface area contributed by atoms with Gasteiger partial charge in [-0.1, -0.05) is 72.8 Å². The van der Waals surface area contributed by atoms with Gasteiger partial charge in [-0.15, -0.1) is 11.3 Å². The largest absolute Gasteiger partial charge is 0.273 e. The van der Waals surface area contributed by atoms with Crippen molar-refractivity contribution in [3.05, 3.63) is 101 Å². The van der Waals surface area contributed by atoms with Gasteiger partial charge in [0, 0.05) is 6.08 Å². The van der Waals surface area contributed by atoms with Crippen LogP contribution in [-0.2, 0) is 21.2 Å². The Kier molecular flexibility index (Phi) is 6.57. The Labute approximate surface area is 168 Å². The minimum absolute atomic E-state index is 0.110. The fourth-order valence-electron chi connectivity index (χ4n) is 2.55. The van der Waals surface area contributed by atoms with Gasteiger partial charge in [0.1, 0.15) is 4.21 Å². The van der Waals surface area contributed by atoms with Crippen LogP contribution in [0.2, 0.25) is 0 Å². The third-order valence-electron chi connectivity index (χ3n) is 3.90. The van der Waals surface area contributed by atoms with Crippen molar-refractivity contribution in [1.82, 2.24) is 4.72 Å². The van der Waals surface area contributed by atoms with Crippen LogP contribution >= 0.6 is 11.3 Å². The third-order valence-corrected chi connectivity index (χ3v) is 6.64. The molecule has 0 atom stereocenters. The molecular formula is C22H19NO3S2. The zero-order chi connectivity index (χ0) is 19.8. The highest BCUT2D eigenvalue weighted by Crippen LogP contribution is 2.16. The first-order valence-corrected chi connectivity index (χ1v) is 11.0. The first-order chi connectivity index (χ1) is 13.5.